The van der Waals surface area contributed by atoms with Gasteiger partial charge in [0.2, 0.25) is 5.91 Å². The molecule has 0 spiro atoms. The average molecular weight is 505 g/mol. The Balaban J connectivity index is 1.34. The van der Waals surface area contributed by atoms with Crippen LogP contribution in [-0.4, -0.2) is 23.9 Å². The molecule has 6 rings (SSSR count). The van der Waals surface area contributed by atoms with Crippen molar-refractivity contribution in [2.75, 3.05) is 9.96 Å². The molecule has 188 valence electrons. The molecule has 4 aromatic rings. The fourth-order valence-corrected chi connectivity index (χ4v) is 5.08. The van der Waals surface area contributed by atoms with Crippen molar-refractivity contribution in [2.45, 2.75) is 19.1 Å². The van der Waals surface area contributed by atoms with Crippen LogP contribution < -0.4 is 14.7 Å². The van der Waals surface area contributed by atoms with Gasteiger partial charge in [0.25, 0.3) is 5.91 Å². The second-order valence-electron chi connectivity index (χ2n) is 9.28. The normalized spacial score (nSPS) is 20.5. The summed E-state index contributed by atoms with van der Waals surface area (Å²) in [4.78, 5) is 47.2. The first-order chi connectivity index (χ1) is 18.5. The molecule has 0 unspecified atom stereocenters. The summed E-state index contributed by atoms with van der Waals surface area (Å²) in [5.74, 6) is -1.53. The van der Waals surface area contributed by atoms with Crippen LogP contribution >= 0.6 is 0 Å². The third kappa shape index (κ3) is 4.03. The van der Waals surface area contributed by atoms with E-state index in [9.17, 15) is 14.4 Å². The Morgan fingerprint density at radius 1 is 0.763 bits per heavy atom. The number of rotatable bonds is 5. The quantitative estimate of drug-likeness (QED) is 0.210. The number of hydroxylamine groups is 1. The van der Waals surface area contributed by atoms with Crippen molar-refractivity contribution in [1.82, 2.24) is 0 Å². The molecule has 0 radical (unpaired) electrons. The van der Waals surface area contributed by atoms with Crippen LogP contribution in [0.4, 0.5) is 11.4 Å². The molecule has 2 fully saturated rings. The van der Waals surface area contributed by atoms with E-state index in [-0.39, 0.29) is 11.8 Å². The number of carbonyl (C=O) groups is 3. The van der Waals surface area contributed by atoms with E-state index in [0.717, 1.165) is 16.8 Å². The van der Waals surface area contributed by atoms with Gasteiger partial charge in [-0.1, -0.05) is 66.7 Å². The van der Waals surface area contributed by atoms with Gasteiger partial charge in [-0.25, -0.2) is 14.8 Å². The van der Waals surface area contributed by atoms with Crippen molar-refractivity contribution in [3.05, 3.63) is 126 Å². The lowest BCUT2D eigenvalue weighted by molar-refractivity contribution is -0.126. The maximum atomic E-state index is 13.8. The van der Waals surface area contributed by atoms with E-state index in [1.165, 1.54) is 4.90 Å². The Bertz CT molecular complexity index is 1500. The van der Waals surface area contributed by atoms with Crippen LogP contribution in [-0.2, 0) is 14.4 Å². The number of anilines is 2. The zero-order valence-corrected chi connectivity index (χ0v) is 20.6. The van der Waals surface area contributed by atoms with Gasteiger partial charge in [0.1, 0.15) is 11.7 Å². The number of esters is 1. The smallest absolute Gasteiger partial charge is 0.343 e. The highest BCUT2D eigenvalue weighted by Gasteiger charge is 2.60. The zero-order valence-electron chi connectivity index (χ0n) is 20.6. The Morgan fingerprint density at radius 2 is 1.39 bits per heavy atom. The van der Waals surface area contributed by atoms with E-state index < -0.39 is 24.0 Å². The van der Waals surface area contributed by atoms with E-state index in [1.54, 1.807) is 65.7 Å². The van der Waals surface area contributed by atoms with Crippen molar-refractivity contribution in [2.24, 2.45) is 5.92 Å². The molecule has 0 aliphatic carbocycles. The Morgan fingerprint density at radius 3 is 2.08 bits per heavy atom. The second-order valence-corrected chi connectivity index (χ2v) is 9.28. The van der Waals surface area contributed by atoms with Gasteiger partial charge in [-0.3, -0.25) is 14.4 Å². The summed E-state index contributed by atoms with van der Waals surface area (Å²) in [5.41, 5.74) is 3.33. The molecule has 0 N–H and O–H groups in total. The molecule has 38 heavy (non-hydrogen) atoms. The standard InChI is InChI=1S/C31H24N2O5/c1-20-10-8-9-15-25(20)32-29(34)26-27(33(38-28(26)30(32)35)23-13-6-3-7-14-23)21-16-18-24(19-17-21)37-31(36)22-11-4-2-5-12-22/h2-19,26-28H,1H3/t26-,27+,28+/m1/s1. The van der Waals surface area contributed by atoms with E-state index >= 15 is 0 Å². The van der Waals surface area contributed by atoms with Gasteiger partial charge in [-0.05, 0) is 60.5 Å². The first kappa shape index (κ1) is 23.6. The summed E-state index contributed by atoms with van der Waals surface area (Å²) in [5, 5.41) is 1.64. The molecule has 0 saturated carbocycles. The number of amides is 2. The molecule has 2 aliphatic rings. The molecular formula is C31H24N2O5. The van der Waals surface area contributed by atoms with Gasteiger partial charge < -0.3 is 4.74 Å². The molecule has 0 bridgehead atoms. The van der Waals surface area contributed by atoms with Gasteiger partial charge in [-0.2, -0.15) is 0 Å². The Labute approximate surface area is 219 Å². The number of nitrogens with zero attached hydrogens (tertiary/aromatic N) is 2. The number of hydrogen-bond donors (Lipinski definition) is 0. The van der Waals surface area contributed by atoms with Gasteiger partial charge in [0.15, 0.2) is 6.10 Å². The molecule has 7 heteroatoms. The predicted octanol–water partition coefficient (Wildman–Crippen LogP) is 5.27. The lowest BCUT2D eigenvalue weighted by Gasteiger charge is -2.29. The summed E-state index contributed by atoms with van der Waals surface area (Å²) < 4.78 is 5.53. The minimum atomic E-state index is -0.956. The number of hydrogen-bond acceptors (Lipinski definition) is 6. The summed E-state index contributed by atoms with van der Waals surface area (Å²) >= 11 is 0. The van der Waals surface area contributed by atoms with E-state index in [4.69, 9.17) is 9.57 Å². The first-order valence-corrected chi connectivity index (χ1v) is 12.3. The van der Waals surface area contributed by atoms with Crippen LogP contribution in [0.15, 0.2) is 109 Å². The van der Waals surface area contributed by atoms with Gasteiger partial charge in [0.05, 0.1) is 23.0 Å². The monoisotopic (exact) mass is 504 g/mol. The number of fused-ring (bicyclic) bond motifs is 1. The lowest BCUT2D eigenvalue weighted by Crippen LogP contribution is -2.37. The third-order valence-electron chi connectivity index (χ3n) is 6.92. The number of aryl methyl sites for hydroxylation is 1. The fraction of sp³-hybridized carbons (Fsp3) is 0.129. The van der Waals surface area contributed by atoms with Crippen LogP contribution in [0.3, 0.4) is 0 Å². The van der Waals surface area contributed by atoms with Crippen molar-refractivity contribution >= 4 is 29.2 Å². The SMILES string of the molecule is Cc1ccccc1N1C(=O)[C@H]2[C@H](ON(c3ccccc3)[C@H]2c2ccc(OC(=O)c3ccccc3)cc2)C1=O. The van der Waals surface area contributed by atoms with Crippen LogP contribution in [0.25, 0.3) is 0 Å². The van der Waals surface area contributed by atoms with Crippen LogP contribution in [0.1, 0.15) is 27.5 Å². The molecule has 7 nitrogen and oxygen atoms in total. The predicted molar refractivity (Wildman–Crippen MR) is 142 cm³/mol. The molecule has 0 aromatic heterocycles. The molecule has 4 aromatic carbocycles. The zero-order chi connectivity index (χ0) is 26.2. The minimum absolute atomic E-state index is 0.308. The highest BCUT2D eigenvalue weighted by Crippen LogP contribution is 2.48. The molecule has 2 amide bonds. The molecule has 2 heterocycles. The van der Waals surface area contributed by atoms with Crippen LogP contribution in [0.2, 0.25) is 0 Å². The highest BCUT2D eigenvalue weighted by atomic mass is 16.7. The van der Waals surface area contributed by atoms with Gasteiger partial charge >= 0.3 is 5.97 Å². The maximum Gasteiger partial charge on any atom is 0.343 e. The number of carbonyl (C=O) groups excluding carboxylic acids is 3. The Kier molecular flexibility index (Phi) is 5.98. The Hall–Kier alpha value is -4.75. The molecule has 2 saturated heterocycles. The highest BCUT2D eigenvalue weighted by molar-refractivity contribution is 6.24. The lowest BCUT2D eigenvalue weighted by atomic mass is 9.90. The van der Waals surface area contributed by atoms with E-state index in [1.807, 2.05) is 55.5 Å². The van der Waals surface area contributed by atoms with Gasteiger partial charge in [-0.15, -0.1) is 0 Å². The first-order valence-electron chi connectivity index (χ1n) is 12.3. The largest absolute Gasteiger partial charge is 0.423 e. The molecule has 2 aliphatic heterocycles. The van der Waals surface area contributed by atoms with Crippen molar-refractivity contribution in [3.8, 4) is 5.75 Å². The number of imide groups is 1. The van der Waals surface area contributed by atoms with Crippen molar-refractivity contribution in [3.63, 3.8) is 0 Å². The van der Waals surface area contributed by atoms with E-state index in [0.29, 0.717) is 17.0 Å². The number of ether oxygens (including phenoxy) is 1. The number of benzene rings is 4. The number of para-hydroxylation sites is 2. The van der Waals surface area contributed by atoms with Crippen molar-refractivity contribution < 1.29 is 24.0 Å². The topological polar surface area (TPSA) is 76.2 Å². The summed E-state index contributed by atoms with van der Waals surface area (Å²) in [6, 6.07) is 31.9. The van der Waals surface area contributed by atoms with Crippen molar-refractivity contribution in [1.29, 1.82) is 0 Å². The third-order valence-corrected chi connectivity index (χ3v) is 6.92. The second kappa shape index (κ2) is 9.61. The summed E-state index contributed by atoms with van der Waals surface area (Å²) in [6.07, 6.45) is -0.956. The van der Waals surface area contributed by atoms with Crippen LogP contribution in [0, 0.1) is 12.8 Å². The average Bonchev–Trinajstić information content (AvgIpc) is 3.46. The molecular weight excluding hydrogens is 480 g/mol. The van der Waals surface area contributed by atoms with Gasteiger partial charge in [0, 0.05) is 0 Å². The van der Waals surface area contributed by atoms with E-state index in [2.05, 4.69) is 0 Å². The summed E-state index contributed by atoms with van der Waals surface area (Å²) in [7, 11) is 0. The summed E-state index contributed by atoms with van der Waals surface area (Å²) in [6.45, 7) is 1.87. The minimum Gasteiger partial charge on any atom is -0.423 e. The fourth-order valence-electron chi connectivity index (χ4n) is 5.08. The molecule has 3 atom stereocenters. The maximum absolute atomic E-state index is 13.8. The van der Waals surface area contributed by atoms with Crippen LogP contribution in [0.5, 0.6) is 5.75 Å².